The molecular formula is C17H16N2O2. The lowest BCUT2D eigenvalue weighted by atomic mass is 9.90. The highest BCUT2D eigenvalue weighted by Gasteiger charge is 2.27. The monoisotopic (exact) mass is 280 g/mol. The Balaban J connectivity index is 1.98. The molecule has 0 aromatic heterocycles. The molecule has 3 N–H and O–H groups in total. The lowest BCUT2D eigenvalue weighted by molar-refractivity contribution is -0.119. The van der Waals surface area contributed by atoms with E-state index in [-0.39, 0.29) is 5.78 Å². The molecule has 1 atom stereocenters. The van der Waals surface area contributed by atoms with E-state index in [2.05, 4.69) is 10.8 Å². The first-order chi connectivity index (χ1) is 10.2. The van der Waals surface area contributed by atoms with Crippen LogP contribution in [0.3, 0.4) is 0 Å². The number of hydrogen-bond donors (Lipinski definition) is 3. The van der Waals surface area contributed by atoms with E-state index in [1.807, 2.05) is 55.5 Å². The Morgan fingerprint density at radius 2 is 1.76 bits per heavy atom. The first kappa shape index (κ1) is 13.5. The highest BCUT2D eigenvalue weighted by Crippen LogP contribution is 2.31. The van der Waals surface area contributed by atoms with Crippen LogP contribution >= 0.6 is 0 Å². The Bertz CT molecular complexity index is 705. The van der Waals surface area contributed by atoms with Crippen LogP contribution in [0.4, 0.5) is 5.69 Å². The summed E-state index contributed by atoms with van der Waals surface area (Å²) in [5.41, 5.74) is 6.59. The molecule has 106 valence electrons. The van der Waals surface area contributed by atoms with Crippen molar-refractivity contribution in [3.8, 4) is 0 Å². The number of aryl methyl sites for hydroxylation is 1. The smallest absolute Gasteiger partial charge is 0.181 e. The van der Waals surface area contributed by atoms with Gasteiger partial charge in [-0.2, -0.15) is 5.48 Å². The van der Waals surface area contributed by atoms with E-state index in [1.165, 1.54) is 11.6 Å². The van der Waals surface area contributed by atoms with Gasteiger partial charge in [-0.05, 0) is 24.6 Å². The van der Waals surface area contributed by atoms with Gasteiger partial charge < -0.3 is 10.5 Å². The van der Waals surface area contributed by atoms with E-state index >= 15 is 0 Å². The number of rotatable bonds is 3. The second-order valence-electron chi connectivity index (χ2n) is 5.10. The standard InChI is InChI=1S/C17H16N2O2/c1-11-6-8-12(9-7-11)18-15-10-16(20)17(19-21)14-5-3-2-4-13(14)15/h2-10,17-19,21H,1H3/t17-/m1/s1. The molecule has 1 aliphatic carbocycles. The van der Waals surface area contributed by atoms with Crippen LogP contribution in [0.25, 0.3) is 5.70 Å². The van der Waals surface area contributed by atoms with Crippen molar-refractivity contribution in [1.82, 2.24) is 5.48 Å². The van der Waals surface area contributed by atoms with Crippen molar-refractivity contribution in [2.24, 2.45) is 0 Å². The van der Waals surface area contributed by atoms with Crippen molar-refractivity contribution in [3.05, 3.63) is 71.3 Å². The molecule has 4 heteroatoms. The Kier molecular flexibility index (Phi) is 3.56. The molecule has 0 saturated heterocycles. The van der Waals surface area contributed by atoms with E-state index < -0.39 is 6.04 Å². The number of ketones is 1. The Morgan fingerprint density at radius 3 is 2.48 bits per heavy atom. The molecule has 4 nitrogen and oxygen atoms in total. The van der Waals surface area contributed by atoms with E-state index in [1.54, 1.807) is 0 Å². The average molecular weight is 280 g/mol. The fourth-order valence-electron chi connectivity index (χ4n) is 2.48. The number of nitrogens with one attached hydrogen (secondary N) is 2. The predicted octanol–water partition coefficient (Wildman–Crippen LogP) is 3.05. The number of carbonyl (C=O) groups excluding carboxylic acids is 1. The minimum absolute atomic E-state index is 0.175. The fourth-order valence-corrected chi connectivity index (χ4v) is 2.48. The molecule has 3 rings (SSSR count). The van der Waals surface area contributed by atoms with Gasteiger partial charge in [0, 0.05) is 23.0 Å². The third-order valence-electron chi connectivity index (χ3n) is 3.59. The van der Waals surface area contributed by atoms with Gasteiger partial charge in [0.25, 0.3) is 0 Å². The SMILES string of the molecule is Cc1ccc(NC2=CC(=O)[C@H](NO)c3ccccc32)cc1. The van der Waals surface area contributed by atoms with Crippen molar-refractivity contribution in [1.29, 1.82) is 0 Å². The largest absolute Gasteiger partial charge is 0.355 e. The molecule has 0 spiro atoms. The molecule has 21 heavy (non-hydrogen) atoms. The van der Waals surface area contributed by atoms with Crippen LogP contribution in [-0.4, -0.2) is 11.0 Å². The van der Waals surface area contributed by atoms with Gasteiger partial charge in [-0.25, -0.2) is 0 Å². The quantitative estimate of drug-likeness (QED) is 0.756. The summed E-state index contributed by atoms with van der Waals surface area (Å²) < 4.78 is 0. The van der Waals surface area contributed by atoms with Crippen LogP contribution in [0.5, 0.6) is 0 Å². The Labute approximate surface area is 123 Å². The summed E-state index contributed by atoms with van der Waals surface area (Å²) in [6, 6.07) is 14.8. The van der Waals surface area contributed by atoms with Crippen molar-refractivity contribution in [2.45, 2.75) is 13.0 Å². The molecular weight excluding hydrogens is 264 g/mol. The van der Waals surface area contributed by atoms with Crippen LogP contribution in [0.2, 0.25) is 0 Å². The van der Waals surface area contributed by atoms with Gasteiger partial charge in [-0.15, -0.1) is 0 Å². The molecule has 0 fully saturated rings. The van der Waals surface area contributed by atoms with Gasteiger partial charge in [0.15, 0.2) is 5.78 Å². The summed E-state index contributed by atoms with van der Waals surface area (Å²) in [7, 11) is 0. The van der Waals surface area contributed by atoms with Gasteiger partial charge in [0.1, 0.15) is 6.04 Å². The van der Waals surface area contributed by atoms with Gasteiger partial charge in [0.05, 0.1) is 0 Å². The van der Waals surface area contributed by atoms with Crippen LogP contribution in [0, 0.1) is 6.92 Å². The maximum absolute atomic E-state index is 12.1. The van der Waals surface area contributed by atoms with Crippen LogP contribution < -0.4 is 10.8 Å². The van der Waals surface area contributed by atoms with E-state index in [0.29, 0.717) is 0 Å². The average Bonchev–Trinajstić information content (AvgIpc) is 2.50. The van der Waals surface area contributed by atoms with Crippen LogP contribution in [0.15, 0.2) is 54.6 Å². The molecule has 0 saturated carbocycles. The minimum atomic E-state index is -0.704. The number of carbonyl (C=O) groups is 1. The topological polar surface area (TPSA) is 61.4 Å². The number of fused-ring (bicyclic) bond motifs is 1. The summed E-state index contributed by atoms with van der Waals surface area (Å²) in [6.45, 7) is 2.03. The molecule has 2 aromatic rings. The highest BCUT2D eigenvalue weighted by molar-refractivity contribution is 6.06. The maximum Gasteiger partial charge on any atom is 0.181 e. The lowest BCUT2D eigenvalue weighted by Gasteiger charge is -2.24. The summed E-state index contributed by atoms with van der Waals surface area (Å²) >= 11 is 0. The van der Waals surface area contributed by atoms with Crippen LogP contribution in [-0.2, 0) is 4.79 Å². The van der Waals surface area contributed by atoms with Crippen molar-refractivity contribution in [2.75, 3.05) is 5.32 Å². The third-order valence-corrected chi connectivity index (χ3v) is 3.59. The molecule has 1 aliphatic rings. The molecule has 0 radical (unpaired) electrons. The maximum atomic E-state index is 12.1. The first-order valence-corrected chi connectivity index (χ1v) is 6.77. The molecule has 0 unspecified atom stereocenters. The number of hydrogen-bond acceptors (Lipinski definition) is 4. The van der Waals surface area contributed by atoms with Crippen molar-refractivity contribution >= 4 is 17.2 Å². The van der Waals surface area contributed by atoms with Gasteiger partial charge >= 0.3 is 0 Å². The summed E-state index contributed by atoms with van der Waals surface area (Å²) in [6.07, 6.45) is 1.52. The third kappa shape index (κ3) is 2.59. The van der Waals surface area contributed by atoms with Crippen molar-refractivity contribution < 1.29 is 10.0 Å². The predicted molar refractivity (Wildman–Crippen MR) is 81.9 cm³/mol. The Hall–Kier alpha value is -2.43. The highest BCUT2D eigenvalue weighted by atomic mass is 16.5. The lowest BCUT2D eigenvalue weighted by Crippen LogP contribution is -2.29. The first-order valence-electron chi connectivity index (χ1n) is 6.77. The molecule has 0 amide bonds. The number of hydroxylamine groups is 1. The number of benzene rings is 2. The fraction of sp³-hybridized carbons (Fsp3) is 0.118. The van der Waals surface area contributed by atoms with E-state index in [4.69, 9.17) is 0 Å². The second kappa shape index (κ2) is 5.52. The molecule has 2 aromatic carbocycles. The zero-order chi connectivity index (χ0) is 14.8. The van der Waals surface area contributed by atoms with E-state index in [0.717, 1.165) is 22.5 Å². The van der Waals surface area contributed by atoms with Gasteiger partial charge in [-0.3, -0.25) is 4.79 Å². The molecule has 0 heterocycles. The molecule has 0 aliphatic heterocycles. The zero-order valence-electron chi connectivity index (χ0n) is 11.6. The van der Waals surface area contributed by atoms with Crippen LogP contribution in [0.1, 0.15) is 22.7 Å². The van der Waals surface area contributed by atoms with E-state index in [9.17, 15) is 10.0 Å². The summed E-state index contributed by atoms with van der Waals surface area (Å²) in [5, 5.41) is 12.5. The van der Waals surface area contributed by atoms with Gasteiger partial charge in [-0.1, -0.05) is 42.0 Å². The van der Waals surface area contributed by atoms with Gasteiger partial charge in [0.2, 0.25) is 0 Å². The molecule has 0 bridgehead atoms. The summed E-state index contributed by atoms with van der Waals surface area (Å²) in [5.74, 6) is -0.175. The van der Waals surface area contributed by atoms with Crippen molar-refractivity contribution in [3.63, 3.8) is 0 Å². The minimum Gasteiger partial charge on any atom is -0.355 e. The zero-order valence-corrected chi connectivity index (χ0v) is 11.6. The summed E-state index contributed by atoms with van der Waals surface area (Å²) in [4.78, 5) is 12.1. The Morgan fingerprint density at radius 1 is 1.05 bits per heavy atom. The second-order valence-corrected chi connectivity index (χ2v) is 5.10. The number of anilines is 1. The normalized spacial score (nSPS) is 17.1.